The van der Waals surface area contributed by atoms with E-state index < -0.39 is 0 Å². The highest BCUT2D eigenvalue weighted by atomic mass is 16.1. The molecule has 0 bridgehead atoms. The fourth-order valence-electron chi connectivity index (χ4n) is 2.35. The van der Waals surface area contributed by atoms with E-state index in [1.165, 1.54) is 5.56 Å². The van der Waals surface area contributed by atoms with Gasteiger partial charge in [0.25, 0.3) is 5.91 Å². The van der Waals surface area contributed by atoms with E-state index >= 15 is 0 Å². The van der Waals surface area contributed by atoms with Crippen LogP contribution in [0, 0.1) is 0 Å². The van der Waals surface area contributed by atoms with Gasteiger partial charge < -0.3 is 10.6 Å². The molecule has 2 aromatic rings. The van der Waals surface area contributed by atoms with Crippen LogP contribution in [-0.4, -0.2) is 29.0 Å². The Hall–Kier alpha value is -2.43. The molecule has 2 rings (SSSR count). The third-order valence-corrected chi connectivity index (χ3v) is 3.75. The second kappa shape index (κ2) is 10.4. The second-order valence-electron chi connectivity index (χ2n) is 5.77. The number of hydrogen-bond donors (Lipinski definition) is 2. The van der Waals surface area contributed by atoms with E-state index in [9.17, 15) is 4.79 Å². The Morgan fingerprint density at radius 2 is 1.75 bits per heavy atom. The van der Waals surface area contributed by atoms with Crippen molar-refractivity contribution in [2.75, 3.05) is 18.4 Å². The number of nitrogens with one attached hydrogen (secondary N) is 2. The molecule has 1 amide bonds. The number of anilines is 1. The van der Waals surface area contributed by atoms with E-state index in [1.807, 2.05) is 6.07 Å². The Morgan fingerprint density at radius 3 is 2.46 bits per heavy atom. The quantitative estimate of drug-likeness (QED) is 0.656. The zero-order valence-electron chi connectivity index (χ0n) is 14.3. The number of benzene rings is 1. The largest absolute Gasteiger partial charge is 0.354 e. The highest BCUT2D eigenvalue weighted by molar-refractivity contribution is 5.93. The predicted molar refractivity (Wildman–Crippen MR) is 97.1 cm³/mol. The Balaban J connectivity index is 1.68. The topological polar surface area (TPSA) is 66.9 Å². The van der Waals surface area contributed by atoms with E-state index in [-0.39, 0.29) is 5.91 Å². The molecule has 1 heterocycles. The molecule has 0 saturated carbocycles. The van der Waals surface area contributed by atoms with E-state index in [2.05, 4.69) is 51.8 Å². The van der Waals surface area contributed by atoms with Gasteiger partial charge in [0.1, 0.15) is 0 Å². The van der Waals surface area contributed by atoms with Crippen molar-refractivity contribution in [3.8, 4) is 0 Å². The van der Waals surface area contributed by atoms with Crippen molar-refractivity contribution in [1.82, 2.24) is 15.3 Å². The van der Waals surface area contributed by atoms with Crippen LogP contribution in [0.3, 0.4) is 0 Å². The average Bonchev–Trinajstić information content (AvgIpc) is 2.63. The summed E-state index contributed by atoms with van der Waals surface area (Å²) >= 11 is 0. The van der Waals surface area contributed by atoms with E-state index in [4.69, 9.17) is 0 Å². The van der Waals surface area contributed by atoms with Gasteiger partial charge in [-0.25, -0.2) is 9.97 Å². The van der Waals surface area contributed by atoms with Gasteiger partial charge in [0.15, 0.2) is 0 Å². The molecule has 0 unspecified atom stereocenters. The maximum Gasteiger partial charge on any atom is 0.254 e. The van der Waals surface area contributed by atoms with Gasteiger partial charge in [-0.05, 0) is 24.8 Å². The molecule has 0 radical (unpaired) electrons. The normalized spacial score (nSPS) is 10.4. The first-order valence-electron chi connectivity index (χ1n) is 8.67. The molecule has 0 saturated heterocycles. The molecule has 5 nitrogen and oxygen atoms in total. The average molecular weight is 326 g/mol. The fourth-order valence-corrected chi connectivity index (χ4v) is 2.35. The van der Waals surface area contributed by atoms with Gasteiger partial charge in [0.05, 0.1) is 5.56 Å². The molecule has 1 aromatic heterocycles. The zero-order chi connectivity index (χ0) is 17.0. The lowest BCUT2D eigenvalue weighted by atomic mass is 10.1. The van der Waals surface area contributed by atoms with Gasteiger partial charge in [0.2, 0.25) is 5.95 Å². The zero-order valence-corrected chi connectivity index (χ0v) is 14.3. The third-order valence-electron chi connectivity index (χ3n) is 3.75. The number of rotatable bonds is 10. The molecule has 0 aliphatic carbocycles. The summed E-state index contributed by atoms with van der Waals surface area (Å²) in [5.74, 6) is 0.451. The van der Waals surface area contributed by atoms with Crippen LogP contribution in [0.2, 0.25) is 0 Å². The summed E-state index contributed by atoms with van der Waals surface area (Å²) in [5, 5.41) is 6.07. The molecular formula is C19H26N4O. The maximum absolute atomic E-state index is 11.9. The molecule has 0 aliphatic rings. The highest BCUT2D eigenvalue weighted by Gasteiger charge is 2.06. The minimum absolute atomic E-state index is 0.110. The summed E-state index contributed by atoms with van der Waals surface area (Å²) in [7, 11) is 0. The first-order valence-corrected chi connectivity index (χ1v) is 8.67. The van der Waals surface area contributed by atoms with Gasteiger partial charge in [0, 0.05) is 25.5 Å². The standard InChI is InChI=1S/C19H26N4O/c1-2-3-7-12-20-18(24)17-14-22-19(23-15-17)21-13-8-11-16-9-5-4-6-10-16/h4-6,9-10,14-15H,2-3,7-8,11-13H2,1H3,(H,20,24)(H,21,22,23). The first-order chi connectivity index (χ1) is 11.8. The molecular weight excluding hydrogens is 300 g/mol. The first kappa shape index (κ1) is 17.9. The molecule has 0 atom stereocenters. The van der Waals surface area contributed by atoms with Gasteiger partial charge in [-0.3, -0.25) is 4.79 Å². The summed E-state index contributed by atoms with van der Waals surface area (Å²) in [6.45, 7) is 3.64. The van der Waals surface area contributed by atoms with Crippen molar-refractivity contribution >= 4 is 11.9 Å². The van der Waals surface area contributed by atoms with Crippen molar-refractivity contribution in [2.45, 2.75) is 39.0 Å². The molecule has 0 fully saturated rings. The van der Waals surface area contributed by atoms with Gasteiger partial charge >= 0.3 is 0 Å². The van der Waals surface area contributed by atoms with Crippen LogP contribution >= 0.6 is 0 Å². The fraction of sp³-hybridized carbons (Fsp3) is 0.421. The highest BCUT2D eigenvalue weighted by Crippen LogP contribution is 2.04. The number of carbonyl (C=O) groups excluding carboxylic acids is 1. The Morgan fingerprint density at radius 1 is 1.00 bits per heavy atom. The van der Waals surface area contributed by atoms with E-state index in [0.717, 1.165) is 38.6 Å². The lowest BCUT2D eigenvalue weighted by Crippen LogP contribution is -2.24. The lowest BCUT2D eigenvalue weighted by molar-refractivity contribution is 0.0952. The van der Waals surface area contributed by atoms with Crippen molar-refractivity contribution in [3.05, 3.63) is 53.9 Å². The third kappa shape index (κ3) is 6.36. The summed E-state index contributed by atoms with van der Waals surface area (Å²) in [6.07, 6.45) is 8.44. The SMILES string of the molecule is CCCCCNC(=O)c1cnc(NCCCc2ccccc2)nc1. The van der Waals surface area contributed by atoms with Crippen LogP contribution in [0.4, 0.5) is 5.95 Å². The minimum Gasteiger partial charge on any atom is -0.354 e. The minimum atomic E-state index is -0.110. The molecule has 24 heavy (non-hydrogen) atoms. The Kier molecular flexibility index (Phi) is 7.74. The van der Waals surface area contributed by atoms with Crippen molar-refractivity contribution in [3.63, 3.8) is 0 Å². The van der Waals surface area contributed by atoms with Gasteiger partial charge in [-0.1, -0.05) is 50.1 Å². The molecule has 5 heteroatoms. The molecule has 1 aromatic carbocycles. The molecule has 2 N–H and O–H groups in total. The maximum atomic E-state index is 11.9. The van der Waals surface area contributed by atoms with Crippen molar-refractivity contribution < 1.29 is 4.79 Å². The second-order valence-corrected chi connectivity index (χ2v) is 5.77. The smallest absolute Gasteiger partial charge is 0.254 e. The number of amides is 1. The van der Waals surface area contributed by atoms with Crippen LogP contribution in [0.15, 0.2) is 42.7 Å². The van der Waals surface area contributed by atoms with Crippen LogP contribution < -0.4 is 10.6 Å². The van der Waals surface area contributed by atoms with Crippen LogP contribution in [-0.2, 0) is 6.42 Å². The summed E-state index contributed by atoms with van der Waals surface area (Å²) in [5.41, 5.74) is 1.83. The number of aryl methyl sites for hydroxylation is 1. The summed E-state index contributed by atoms with van der Waals surface area (Å²) < 4.78 is 0. The van der Waals surface area contributed by atoms with E-state index in [0.29, 0.717) is 18.1 Å². The predicted octanol–water partition coefficient (Wildman–Crippen LogP) is 3.44. The van der Waals surface area contributed by atoms with Crippen LogP contribution in [0.1, 0.15) is 48.5 Å². The van der Waals surface area contributed by atoms with Crippen molar-refractivity contribution in [1.29, 1.82) is 0 Å². The molecule has 0 spiro atoms. The van der Waals surface area contributed by atoms with Crippen molar-refractivity contribution in [2.24, 2.45) is 0 Å². The monoisotopic (exact) mass is 326 g/mol. The van der Waals surface area contributed by atoms with Gasteiger partial charge in [-0.2, -0.15) is 0 Å². The number of nitrogens with zero attached hydrogens (tertiary/aromatic N) is 2. The molecule has 0 aliphatic heterocycles. The summed E-state index contributed by atoms with van der Waals surface area (Å²) in [6, 6.07) is 10.4. The number of hydrogen-bond acceptors (Lipinski definition) is 4. The number of aromatic nitrogens is 2. The van der Waals surface area contributed by atoms with Gasteiger partial charge in [-0.15, -0.1) is 0 Å². The number of carbonyl (C=O) groups is 1. The number of unbranched alkanes of at least 4 members (excludes halogenated alkanes) is 2. The Bertz CT molecular complexity index is 599. The van der Waals surface area contributed by atoms with Crippen LogP contribution in [0.25, 0.3) is 0 Å². The van der Waals surface area contributed by atoms with E-state index in [1.54, 1.807) is 12.4 Å². The Labute approximate surface area is 143 Å². The molecule has 128 valence electrons. The van der Waals surface area contributed by atoms with Crippen LogP contribution in [0.5, 0.6) is 0 Å². The summed E-state index contributed by atoms with van der Waals surface area (Å²) in [4.78, 5) is 20.3. The lowest BCUT2D eigenvalue weighted by Gasteiger charge is -2.07.